The van der Waals surface area contributed by atoms with Crippen LogP contribution in [-0.2, 0) is 6.54 Å². The van der Waals surface area contributed by atoms with Crippen molar-refractivity contribution < 1.29 is 19.3 Å². The van der Waals surface area contributed by atoms with Crippen LogP contribution in [0.2, 0.25) is 0 Å². The first kappa shape index (κ1) is 14.5. The smallest absolute Gasteiger partial charge is 0.231 e. The fraction of sp³-hybridized carbons (Fsp3) is 0.625. The zero-order valence-electron chi connectivity index (χ0n) is 12.9. The van der Waals surface area contributed by atoms with E-state index in [1.807, 2.05) is 19.1 Å². The average Bonchev–Trinajstić information content (AvgIpc) is 2.89. The molecule has 1 saturated heterocycles. The number of likely N-dealkylation sites (tertiary alicyclic amines) is 1. The van der Waals surface area contributed by atoms with Crippen LogP contribution in [0.4, 0.5) is 0 Å². The van der Waals surface area contributed by atoms with Gasteiger partial charge in [-0.15, -0.1) is 0 Å². The zero-order chi connectivity index (χ0) is 15.0. The zero-order valence-corrected chi connectivity index (χ0v) is 12.9. The predicted octanol–water partition coefficient (Wildman–Crippen LogP) is 2.02. The predicted molar refractivity (Wildman–Crippen MR) is 78.8 cm³/mol. The van der Waals surface area contributed by atoms with Crippen LogP contribution in [-0.4, -0.2) is 42.6 Å². The fourth-order valence-electron chi connectivity index (χ4n) is 2.97. The van der Waals surface area contributed by atoms with E-state index in [0.717, 1.165) is 48.9 Å². The molecule has 1 fully saturated rings. The molecular formula is C16H23NO4. The minimum Gasteiger partial charge on any atom is -0.496 e. The lowest BCUT2D eigenvalue weighted by molar-refractivity contribution is -0.0524. The Kier molecular flexibility index (Phi) is 3.71. The number of benzene rings is 1. The molecule has 0 amide bonds. The Morgan fingerprint density at radius 3 is 2.76 bits per heavy atom. The molecule has 0 aromatic heterocycles. The molecule has 5 heteroatoms. The third-order valence-corrected chi connectivity index (χ3v) is 4.70. The molecule has 0 bridgehead atoms. The summed E-state index contributed by atoms with van der Waals surface area (Å²) in [6.45, 7) is 6.85. The highest BCUT2D eigenvalue weighted by molar-refractivity contribution is 5.51. The number of hydrogen-bond donors (Lipinski definition) is 1. The Labute approximate surface area is 125 Å². The van der Waals surface area contributed by atoms with Crippen molar-refractivity contribution in [3.05, 3.63) is 17.7 Å². The monoisotopic (exact) mass is 293 g/mol. The van der Waals surface area contributed by atoms with E-state index >= 15 is 0 Å². The average molecular weight is 293 g/mol. The number of methoxy groups -OCH3 is 1. The van der Waals surface area contributed by atoms with Crippen molar-refractivity contribution >= 4 is 0 Å². The number of nitrogens with zero attached hydrogens (tertiary/aromatic N) is 1. The van der Waals surface area contributed by atoms with Gasteiger partial charge in [0.1, 0.15) is 5.75 Å². The van der Waals surface area contributed by atoms with Crippen molar-refractivity contribution in [2.45, 2.75) is 32.4 Å². The van der Waals surface area contributed by atoms with Crippen molar-refractivity contribution in [2.24, 2.45) is 5.92 Å². The molecule has 0 unspecified atom stereocenters. The maximum Gasteiger partial charge on any atom is 0.231 e. The second-order valence-corrected chi connectivity index (χ2v) is 6.26. The van der Waals surface area contributed by atoms with Crippen LogP contribution in [0.25, 0.3) is 0 Å². The van der Waals surface area contributed by atoms with Crippen molar-refractivity contribution in [3.8, 4) is 17.2 Å². The standard InChI is InChI=1S/C16H23NO4/c1-11-8-17(5-4-16(11,2)18)9-12-6-14-15(21-10-20-14)7-13(12)19-3/h6-7,11,18H,4-5,8-10H2,1-3H3/t11-,16+/m1/s1. The maximum atomic E-state index is 10.3. The van der Waals surface area contributed by atoms with E-state index < -0.39 is 5.60 Å². The number of aliphatic hydroxyl groups is 1. The van der Waals surface area contributed by atoms with Gasteiger partial charge in [0, 0.05) is 31.3 Å². The number of fused-ring (bicyclic) bond motifs is 1. The topological polar surface area (TPSA) is 51.2 Å². The molecule has 0 aliphatic carbocycles. The number of rotatable bonds is 3. The molecule has 21 heavy (non-hydrogen) atoms. The highest BCUT2D eigenvalue weighted by Gasteiger charge is 2.34. The molecule has 1 aromatic rings. The number of hydrogen-bond acceptors (Lipinski definition) is 5. The van der Waals surface area contributed by atoms with Gasteiger partial charge in [0.2, 0.25) is 6.79 Å². The lowest BCUT2D eigenvalue weighted by Gasteiger charge is -2.41. The van der Waals surface area contributed by atoms with Crippen molar-refractivity contribution in [1.29, 1.82) is 0 Å². The minimum absolute atomic E-state index is 0.256. The maximum absolute atomic E-state index is 10.3. The number of ether oxygens (including phenoxy) is 3. The Morgan fingerprint density at radius 2 is 2.10 bits per heavy atom. The molecule has 0 saturated carbocycles. The molecule has 2 heterocycles. The van der Waals surface area contributed by atoms with Crippen LogP contribution in [0.15, 0.2) is 12.1 Å². The Balaban J connectivity index is 1.76. The second kappa shape index (κ2) is 5.39. The summed E-state index contributed by atoms with van der Waals surface area (Å²) in [6, 6.07) is 3.89. The molecule has 1 N–H and O–H groups in total. The summed E-state index contributed by atoms with van der Waals surface area (Å²) < 4.78 is 16.3. The Morgan fingerprint density at radius 1 is 1.38 bits per heavy atom. The Bertz CT molecular complexity index is 529. The van der Waals surface area contributed by atoms with Gasteiger partial charge in [-0.2, -0.15) is 0 Å². The van der Waals surface area contributed by atoms with Gasteiger partial charge in [0.05, 0.1) is 12.7 Å². The molecule has 2 aliphatic heterocycles. The molecule has 0 spiro atoms. The fourth-order valence-corrected chi connectivity index (χ4v) is 2.97. The van der Waals surface area contributed by atoms with E-state index in [1.54, 1.807) is 7.11 Å². The summed E-state index contributed by atoms with van der Waals surface area (Å²) in [6.07, 6.45) is 0.793. The highest BCUT2D eigenvalue weighted by atomic mass is 16.7. The van der Waals surface area contributed by atoms with Crippen LogP contribution in [0, 0.1) is 5.92 Å². The summed E-state index contributed by atoms with van der Waals surface area (Å²) in [4.78, 5) is 2.35. The molecular weight excluding hydrogens is 270 g/mol. The summed E-state index contributed by atoms with van der Waals surface area (Å²) in [5, 5.41) is 10.3. The first-order valence-electron chi connectivity index (χ1n) is 7.41. The van der Waals surface area contributed by atoms with Gasteiger partial charge in [0.25, 0.3) is 0 Å². The molecule has 1 aromatic carbocycles. The van der Waals surface area contributed by atoms with Crippen LogP contribution < -0.4 is 14.2 Å². The van der Waals surface area contributed by atoms with E-state index in [9.17, 15) is 5.11 Å². The second-order valence-electron chi connectivity index (χ2n) is 6.26. The third kappa shape index (κ3) is 2.80. The van der Waals surface area contributed by atoms with Gasteiger partial charge in [-0.05, 0) is 25.3 Å². The van der Waals surface area contributed by atoms with Gasteiger partial charge in [-0.3, -0.25) is 4.90 Å². The largest absolute Gasteiger partial charge is 0.496 e. The highest BCUT2D eigenvalue weighted by Crippen LogP contribution is 2.39. The molecule has 0 radical (unpaired) electrons. The molecule has 2 atom stereocenters. The first-order chi connectivity index (χ1) is 9.99. The van der Waals surface area contributed by atoms with Crippen LogP contribution in [0.1, 0.15) is 25.8 Å². The molecule has 3 rings (SSSR count). The quantitative estimate of drug-likeness (QED) is 0.924. The van der Waals surface area contributed by atoms with Crippen molar-refractivity contribution in [1.82, 2.24) is 4.90 Å². The summed E-state index contributed by atoms with van der Waals surface area (Å²) in [7, 11) is 1.67. The first-order valence-corrected chi connectivity index (χ1v) is 7.41. The van der Waals surface area contributed by atoms with Crippen molar-refractivity contribution in [3.63, 3.8) is 0 Å². The minimum atomic E-state index is -0.560. The van der Waals surface area contributed by atoms with E-state index in [-0.39, 0.29) is 12.7 Å². The van der Waals surface area contributed by atoms with E-state index in [0.29, 0.717) is 0 Å². The van der Waals surface area contributed by atoms with Gasteiger partial charge in [-0.25, -0.2) is 0 Å². The SMILES string of the molecule is COc1cc2c(cc1CN1CC[C@](C)(O)[C@H](C)C1)OCO2. The summed E-state index contributed by atoms with van der Waals surface area (Å²) in [5.74, 6) is 2.60. The van der Waals surface area contributed by atoms with Gasteiger partial charge in [0.15, 0.2) is 11.5 Å². The summed E-state index contributed by atoms with van der Waals surface area (Å²) >= 11 is 0. The lowest BCUT2D eigenvalue weighted by Crippen LogP contribution is -2.48. The lowest BCUT2D eigenvalue weighted by atomic mass is 9.84. The van der Waals surface area contributed by atoms with Crippen LogP contribution in [0.3, 0.4) is 0 Å². The molecule has 116 valence electrons. The van der Waals surface area contributed by atoms with Crippen molar-refractivity contribution in [2.75, 3.05) is 27.0 Å². The number of piperidine rings is 1. The summed E-state index contributed by atoms with van der Waals surface area (Å²) in [5.41, 5.74) is 0.533. The van der Waals surface area contributed by atoms with Gasteiger partial charge < -0.3 is 19.3 Å². The van der Waals surface area contributed by atoms with Crippen LogP contribution in [0.5, 0.6) is 17.2 Å². The van der Waals surface area contributed by atoms with E-state index in [2.05, 4.69) is 11.8 Å². The third-order valence-electron chi connectivity index (χ3n) is 4.70. The normalized spacial score (nSPS) is 28.7. The Hall–Kier alpha value is -1.46. The van der Waals surface area contributed by atoms with Gasteiger partial charge >= 0.3 is 0 Å². The molecule has 2 aliphatic rings. The van der Waals surface area contributed by atoms with Gasteiger partial charge in [-0.1, -0.05) is 6.92 Å². The van der Waals surface area contributed by atoms with Crippen LogP contribution >= 0.6 is 0 Å². The van der Waals surface area contributed by atoms with E-state index in [1.165, 1.54) is 0 Å². The van der Waals surface area contributed by atoms with E-state index in [4.69, 9.17) is 14.2 Å². The molecule has 5 nitrogen and oxygen atoms in total.